The van der Waals surface area contributed by atoms with Gasteiger partial charge in [0, 0.05) is 36.8 Å². The zero-order valence-electron chi connectivity index (χ0n) is 15.7. The summed E-state index contributed by atoms with van der Waals surface area (Å²) >= 11 is 0. The Bertz CT molecular complexity index is 980. The summed E-state index contributed by atoms with van der Waals surface area (Å²) in [5, 5.41) is 2.91. The Morgan fingerprint density at radius 3 is 2.82 bits per heavy atom. The molecule has 1 amide bonds. The molecule has 2 aliphatic rings. The summed E-state index contributed by atoms with van der Waals surface area (Å²) in [4.78, 5) is 16.8. The van der Waals surface area contributed by atoms with E-state index in [0.717, 1.165) is 11.3 Å². The highest BCUT2D eigenvalue weighted by atomic mass is 32.2. The normalized spacial score (nSPS) is 23.8. The van der Waals surface area contributed by atoms with Crippen LogP contribution in [0.5, 0.6) is 0 Å². The third-order valence-corrected chi connectivity index (χ3v) is 6.55. The molecule has 1 fully saturated rings. The monoisotopic (exact) mass is 401 g/mol. The number of aromatic nitrogens is 1. The maximum absolute atomic E-state index is 12.6. The van der Waals surface area contributed by atoms with E-state index in [1.807, 2.05) is 42.5 Å². The molecule has 2 atom stereocenters. The molecule has 1 aromatic heterocycles. The lowest BCUT2D eigenvalue weighted by molar-refractivity contribution is -0.129. The number of para-hydroxylation sites is 1. The first-order valence-electron chi connectivity index (χ1n) is 9.26. The molecule has 3 heterocycles. The lowest BCUT2D eigenvalue weighted by Gasteiger charge is -2.23. The van der Waals surface area contributed by atoms with Crippen LogP contribution in [0.1, 0.15) is 17.7 Å². The van der Waals surface area contributed by atoms with Gasteiger partial charge in [0.05, 0.1) is 18.6 Å². The average Bonchev–Trinajstić information content (AvgIpc) is 3.26. The van der Waals surface area contributed by atoms with Crippen LogP contribution < -0.4 is 9.62 Å². The molecule has 0 unspecified atom stereocenters. The van der Waals surface area contributed by atoms with Crippen LogP contribution in [0.2, 0.25) is 0 Å². The summed E-state index contributed by atoms with van der Waals surface area (Å²) in [5.41, 5.74) is 2.05. The van der Waals surface area contributed by atoms with E-state index in [-0.39, 0.29) is 5.91 Å². The van der Waals surface area contributed by atoms with E-state index in [1.54, 1.807) is 6.20 Å². The first-order chi connectivity index (χ1) is 13.4. The Labute approximate surface area is 164 Å². The Morgan fingerprint density at radius 1 is 1.29 bits per heavy atom. The summed E-state index contributed by atoms with van der Waals surface area (Å²) in [6.07, 6.45) is 3.46. The second kappa shape index (κ2) is 7.18. The highest BCUT2D eigenvalue weighted by Gasteiger charge is 2.52. The lowest BCUT2D eigenvalue weighted by Crippen LogP contribution is -2.39. The van der Waals surface area contributed by atoms with Gasteiger partial charge in [-0.25, -0.2) is 8.42 Å². The standard InChI is InChI=1S/C20H23N3O4S/c1-28(25,26)23-13-20(16-7-2-3-8-17(16)23)12-18(27-14-20)19(24)22-11-9-15-6-4-5-10-21-15/h2-8,10,18H,9,11-14H2,1H3,(H,22,24)/t18-,20+/m1/s1. The fourth-order valence-electron chi connectivity index (χ4n) is 4.05. The van der Waals surface area contributed by atoms with Gasteiger partial charge in [0.2, 0.25) is 15.9 Å². The van der Waals surface area contributed by atoms with Crippen LogP contribution in [-0.4, -0.2) is 51.4 Å². The number of hydrogen-bond donors (Lipinski definition) is 1. The number of benzene rings is 1. The van der Waals surface area contributed by atoms with Crippen LogP contribution in [0.25, 0.3) is 0 Å². The fraction of sp³-hybridized carbons (Fsp3) is 0.400. The number of pyridine rings is 1. The van der Waals surface area contributed by atoms with E-state index in [1.165, 1.54) is 10.6 Å². The average molecular weight is 401 g/mol. The van der Waals surface area contributed by atoms with Crippen molar-refractivity contribution in [1.82, 2.24) is 10.3 Å². The summed E-state index contributed by atoms with van der Waals surface area (Å²) < 4.78 is 31.7. The molecule has 1 saturated heterocycles. The van der Waals surface area contributed by atoms with Crippen molar-refractivity contribution in [2.45, 2.75) is 24.4 Å². The van der Waals surface area contributed by atoms with Crippen LogP contribution in [0.3, 0.4) is 0 Å². The van der Waals surface area contributed by atoms with Crippen molar-refractivity contribution in [2.24, 2.45) is 0 Å². The van der Waals surface area contributed by atoms with Crippen LogP contribution in [0, 0.1) is 0 Å². The number of anilines is 1. The first-order valence-corrected chi connectivity index (χ1v) is 11.1. The molecule has 0 radical (unpaired) electrons. The van der Waals surface area contributed by atoms with E-state index < -0.39 is 21.5 Å². The van der Waals surface area contributed by atoms with Gasteiger partial charge in [-0.1, -0.05) is 24.3 Å². The molecule has 0 saturated carbocycles. The number of nitrogens with zero attached hydrogens (tertiary/aromatic N) is 2. The first kappa shape index (κ1) is 18.9. The van der Waals surface area contributed by atoms with Gasteiger partial charge in [0.1, 0.15) is 6.10 Å². The summed E-state index contributed by atoms with van der Waals surface area (Å²) in [6.45, 7) is 1.12. The lowest BCUT2D eigenvalue weighted by atomic mass is 9.80. The smallest absolute Gasteiger partial charge is 0.249 e. The largest absolute Gasteiger partial charge is 0.367 e. The SMILES string of the molecule is CS(=O)(=O)N1C[C@@]2(CO[C@@H](C(=O)NCCc3ccccn3)C2)c2ccccc21. The van der Waals surface area contributed by atoms with Crippen molar-refractivity contribution in [2.75, 3.05) is 30.3 Å². The second-order valence-electron chi connectivity index (χ2n) is 7.43. The molecular weight excluding hydrogens is 378 g/mol. The third-order valence-electron chi connectivity index (χ3n) is 5.43. The van der Waals surface area contributed by atoms with Gasteiger partial charge in [-0.05, 0) is 30.2 Å². The fourth-order valence-corrected chi connectivity index (χ4v) is 5.05. The van der Waals surface area contributed by atoms with Gasteiger partial charge in [-0.2, -0.15) is 0 Å². The summed E-state index contributed by atoms with van der Waals surface area (Å²) in [7, 11) is -3.39. The molecule has 8 heteroatoms. The van der Waals surface area contributed by atoms with Gasteiger partial charge < -0.3 is 10.1 Å². The number of fused-ring (bicyclic) bond motifs is 2. The molecule has 2 aromatic rings. The van der Waals surface area contributed by atoms with Gasteiger partial charge in [0.25, 0.3) is 0 Å². The number of carbonyl (C=O) groups excluding carboxylic acids is 1. The van der Waals surface area contributed by atoms with E-state index in [2.05, 4.69) is 10.3 Å². The minimum atomic E-state index is -3.39. The van der Waals surface area contributed by atoms with Crippen LogP contribution in [0.15, 0.2) is 48.7 Å². The number of rotatable bonds is 5. The van der Waals surface area contributed by atoms with Crippen molar-refractivity contribution >= 4 is 21.6 Å². The molecule has 1 aromatic carbocycles. The van der Waals surface area contributed by atoms with Crippen LogP contribution in [0.4, 0.5) is 5.69 Å². The van der Waals surface area contributed by atoms with Gasteiger partial charge in [-0.3, -0.25) is 14.1 Å². The maximum atomic E-state index is 12.6. The molecule has 4 rings (SSSR count). The van der Waals surface area contributed by atoms with Gasteiger partial charge >= 0.3 is 0 Å². The number of nitrogens with one attached hydrogen (secondary N) is 1. The highest BCUT2D eigenvalue weighted by Crippen LogP contribution is 2.48. The summed E-state index contributed by atoms with van der Waals surface area (Å²) in [5.74, 6) is -0.164. The van der Waals surface area contributed by atoms with E-state index in [0.29, 0.717) is 38.2 Å². The predicted molar refractivity (Wildman–Crippen MR) is 106 cm³/mol. The molecule has 7 nitrogen and oxygen atoms in total. The van der Waals surface area contributed by atoms with Crippen LogP contribution >= 0.6 is 0 Å². The van der Waals surface area contributed by atoms with Crippen molar-refractivity contribution < 1.29 is 17.9 Å². The Hall–Kier alpha value is -2.45. The Balaban J connectivity index is 1.44. The Morgan fingerprint density at radius 2 is 2.07 bits per heavy atom. The van der Waals surface area contributed by atoms with E-state index in [4.69, 9.17) is 4.74 Å². The number of ether oxygens (including phenoxy) is 1. The topological polar surface area (TPSA) is 88.6 Å². The van der Waals surface area contributed by atoms with Crippen molar-refractivity contribution in [3.8, 4) is 0 Å². The van der Waals surface area contributed by atoms with Crippen LogP contribution in [-0.2, 0) is 31.4 Å². The second-order valence-corrected chi connectivity index (χ2v) is 9.34. The molecule has 1 spiro atoms. The molecule has 0 aliphatic carbocycles. The van der Waals surface area contributed by atoms with E-state index >= 15 is 0 Å². The number of amides is 1. The van der Waals surface area contributed by atoms with Gasteiger partial charge in [-0.15, -0.1) is 0 Å². The summed E-state index contributed by atoms with van der Waals surface area (Å²) in [6, 6.07) is 13.2. The molecule has 1 N–H and O–H groups in total. The number of carbonyl (C=O) groups is 1. The molecule has 2 aliphatic heterocycles. The number of sulfonamides is 1. The highest BCUT2D eigenvalue weighted by molar-refractivity contribution is 7.92. The van der Waals surface area contributed by atoms with Gasteiger partial charge in [0.15, 0.2) is 0 Å². The molecule has 0 bridgehead atoms. The molecule has 148 valence electrons. The molecular formula is C20H23N3O4S. The zero-order chi connectivity index (χ0) is 19.8. The minimum Gasteiger partial charge on any atom is -0.367 e. The third kappa shape index (κ3) is 3.49. The maximum Gasteiger partial charge on any atom is 0.249 e. The Kier molecular flexibility index (Phi) is 4.84. The zero-order valence-corrected chi connectivity index (χ0v) is 16.5. The molecule has 28 heavy (non-hydrogen) atoms. The predicted octanol–water partition coefficient (Wildman–Crippen LogP) is 1.25. The minimum absolute atomic E-state index is 0.164. The van der Waals surface area contributed by atoms with Crippen molar-refractivity contribution in [3.05, 3.63) is 59.9 Å². The quantitative estimate of drug-likeness (QED) is 0.815. The number of hydrogen-bond acceptors (Lipinski definition) is 5. The van der Waals surface area contributed by atoms with Crippen molar-refractivity contribution in [3.63, 3.8) is 0 Å². The van der Waals surface area contributed by atoms with Crippen molar-refractivity contribution in [1.29, 1.82) is 0 Å². The van der Waals surface area contributed by atoms with E-state index in [9.17, 15) is 13.2 Å².